The van der Waals surface area contributed by atoms with Gasteiger partial charge in [-0.2, -0.15) is 0 Å². The lowest BCUT2D eigenvalue weighted by molar-refractivity contribution is -0.135. The van der Waals surface area contributed by atoms with Crippen molar-refractivity contribution in [1.29, 1.82) is 0 Å². The van der Waals surface area contributed by atoms with Gasteiger partial charge in [-0.15, -0.1) is 0 Å². The summed E-state index contributed by atoms with van der Waals surface area (Å²) in [5, 5.41) is 0. The Kier molecular flexibility index (Phi) is 6.31. The fourth-order valence-corrected chi connectivity index (χ4v) is 3.18. The Hall–Kier alpha value is -3.47. The van der Waals surface area contributed by atoms with E-state index in [1.165, 1.54) is 13.2 Å². The quantitative estimate of drug-likeness (QED) is 0.492. The molecule has 5 heteroatoms. The van der Waals surface area contributed by atoms with Crippen LogP contribution in [0.2, 0.25) is 0 Å². The summed E-state index contributed by atoms with van der Waals surface area (Å²) < 4.78 is 21.3. The molecular weight excluding hydrogens is 380 g/mol. The molecule has 30 heavy (non-hydrogen) atoms. The predicted octanol–water partition coefficient (Wildman–Crippen LogP) is 5.13. The van der Waals surface area contributed by atoms with Gasteiger partial charge in [0, 0.05) is 5.41 Å². The minimum atomic E-state index is -0.442. The van der Waals surface area contributed by atoms with Crippen molar-refractivity contribution in [2.24, 2.45) is 5.41 Å². The summed E-state index contributed by atoms with van der Waals surface area (Å²) in [6.07, 6.45) is 5.36. The molecule has 5 nitrogen and oxygen atoms in total. The normalized spacial score (nSPS) is 15.8. The van der Waals surface area contributed by atoms with E-state index in [9.17, 15) is 4.79 Å². The average Bonchev–Trinajstić information content (AvgIpc) is 3.04. The highest BCUT2D eigenvalue weighted by atomic mass is 16.5. The number of ether oxygens (including phenoxy) is 4. The van der Waals surface area contributed by atoms with Crippen LogP contribution in [0.3, 0.4) is 0 Å². The van der Waals surface area contributed by atoms with Crippen molar-refractivity contribution >= 4 is 11.5 Å². The lowest BCUT2D eigenvalue weighted by Crippen LogP contribution is -2.10. The first kappa shape index (κ1) is 21.2. The highest BCUT2D eigenvalue weighted by Crippen LogP contribution is 2.40. The van der Waals surface area contributed by atoms with Gasteiger partial charge in [0.15, 0.2) is 0 Å². The Balaban J connectivity index is 2.04. The number of benzene rings is 2. The molecule has 1 aliphatic heterocycles. The highest BCUT2D eigenvalue weighted by molar-refractivity contribution is 5.84. The second-order valence-electron chi connectivity index (χ2n) is 7.42. The summed E-state index contributed by atoms with van der Waals surface area (Å²) in [4.78, 5) is 11.7. The van der Waals surface area contributed by atoms with Gasteiger partial charge in [0.25, 0.3) is 0 Å². The molecule has 0 aromatic heterocycles. The van der Waals surface area contributed by atoms with Crippen LogP contribution >= 0.6 is 0 Å². The molecule has 2 aromatic rings. The van der Waals surface area contributed by atoms with Crippen LogP contribution in [0.25, 0.3) is 5.57 Å². The molecule has 2 aromatic carbocycles. The van der Waals surface area contributed by atoms with Crippen LogP contribution in [0.15, 0.2) is 78.3 Å². The maximum absolute atomic E-state index is 11.7. The van der Waals surface area contributed by atoms with Gasteiger partial charge in [0.1, 0.15) is 23.0 Å². The summed E-state index contributed by atoms with van der Waals surface area (Å²) in [7, 11) is 4.63. The van der Waals surface area contributed by atoms with Crippen molar-refractivity contribution in [2.75, 3.05) is 21.3 Å². The number of hydrogen-bond acceptors (Lipinski definition) is 5. The van der Waals surface area contributed by atoms with E-state index in [-0.39, 0.29) is 0 Å². The molecule has 0 fully saturated rings. The molecule has 1 heterocycles. The zero-order valence-electron chi connectivity index (χ0n) is 17.9. The van der Waals surface area contributed by atoms with E-state index in [0.717, 1.165) is 28.2 Å². The molecular formula is C25H26O5. The number of carbonyl (C=O) groups is 1. The van der Waals surface area contributed by atoms with Crippen LogP contribution in [-0.4, -0.2) is 27.3 Å². The highest BCUT2D eigenvalue weighted by Gasteiger charge is 2.31. The predicted molar refractivity (Wildman–Crippen MR) is 116 cm³/mol. The van der Waals surface area contributed by atoms with Crippen LogP contribution in [0.4, 0.5) is 0 Å². The third-order valence-electron chi connectivity index (χ3n) is 4.90. The van der Waals surface area contributed by atoms with E-state index < -0.39 is 11.4 Å². The minimum absolute atomic E-state index is 0.426. The van der Waals surface area contributed by atoms with E-state index in [4.69, 9.17) is 18.9 Å². The van der Waals surface area contributed by atoms with Gasteiger partial charge in [-0.25, -0.2) is 4.79 Å². The fourth-order valence-electron chi connectivity index (χ4n) is 3.18. The molecule has 156 valence electrons. The summed E-state index contributed by atoms with van der Waals surface area (Å²) in [5.41, 5.74) is 2.56. The molecule has 0 unspecified atom stereocenters. The van der Waals surface area contributed by atoms with E-state index in [2.05, 4.69) is 0 Å². The molecule has 0 N–H and O–H groups in total. The first-order valence-electron chi connectivity index (χ1n) is 9.57. The topological polar surface area (TPSA) is 54.0 Å². The van der Waals surface area contributed by atoms with Gasteiger partial charge in [0.05, 0.1) is 27.4 Å². The second-order valence-corrected chi connectivity index (χ2v) is 7.42. The Morgan fingerprint density at radius 3 is 1.80 bits per heavy atom. The van der Waals surface area contributed by atoms with Crippen molar-refractivity contribution in [3.8, 4) is 11.5 Å². The van der Waals surface area contributed by atoms with E-state index in [1.54, 1.807) is 14.2 Å². The molecule has 0 bridgehead atoms. The van der Waals surface area contributed by atoms with Crippen molar-refractivity contribution in [3.05, 3.63) is 89.4 Å². The molecule has 0 saturated carbocycles. The van der Waals surface area contributed by atoms with E-state index in [1.807, 2.05) is 74.5 Å². The lowest BCUT2D eigenvalue weighted by Gasteiger charge is -2.15. The number of methoxy groups -OCH3 is 3. The second kappa shape index (κ2) is 8.91. The van der Waals surface area contributed by atoms with Gasteiger partial charge >= 0.3 is 5.97 Å². The number of hydrogen-bond donors (Lipinski definition) is 0. The summed E-state index contributed by atoms with van der Waals surface area (Å²) >= 11 is 0. The number of esters is 1. The molecule has 0 spiro atoms. The standard InChI is InChI=1S/C25H26O5/c1-25(2)16-21(30-23(25)15-24(26)29-5)14-22(17-6-10-19(27-3)11-7-17)18-8-12-20(28-4)13-9-18/h6-16H,1-5H3/b23-15-. The Morgan fingerprint density at radius 1 is 0.867 bits per heavy atom. The fraction of sp³-hybridized carbons (Fsp3) is 0.240. The lowest BCUT2D eigenvalue weighted by atomic mass is 9.91. The summed E-state index contributed by atoms with van der Waals surface area (Å²) in [6, 6.07) is 15.7. The SMILES string of the molecule is COC(=O)/C=C1\OC(C=C(c2ccc(OC)cc2)c2ccc(OC)cc2)=CC1(C)C. The van der Waals surface area contributed by atoms with Gasteiger partial charge in [-0.1, -0.05) is 24.3 Å². The Labute approximate surface area is 177 Å². The Morgan fingerprint density at radius 2 is 1.37 bits per heavy atom. The molecule has 0 atom stereocenters. The number of carbonyl (C=O) groups excluding carboxylic acids is 1. The maximum Gasteiger partial charge on any atom is 0.333 e. The van der Waals surface area contributed by atoms with Gasteiger partial charge in [0.2, 0.25) is 0 Å². The minimum Gasteiger partial charge on any atom is -0.497 e. The maximum atomic E-state index is 11.7. The first-order valence-corrected chi connectivity index (χ1v) is 9.57. The smallest absolute Gasteiger partial charge is 0.333 e. The summed E-state index contributed by atoms with van der Waals surface area (Å²) in [6.45, 7) is 3.98. The van der Waals surface area contributed by atoms with Gasteiger partial charge < -0.3 is 18.9 Å². The largest absolute Gasteiger partial charge is 0.497 e. The van der Waals surface area contributed by atoms with Crippen LogP contribution in [0, 0.1) is 5.41 Å². The van der Waals surface area contributed by atoms with Crippen molar-refractivity contribution < 1.29 is 23.7 Å². The molecule has 0 radical (unpaired) electrons. The average molecular weight is 406 g/mol. The molecule has 0 saturated heterocycles. The zero-order valence-corrected chi connectivity index (χ0v) is 17.9. The van der Waals surface area contributed by atoms with Crippen LogP contribution in [0.5, 0.6) is 11.5 Å². The molecule has 0 amide bonds. The zero-order chi connectivity index (χ0) is 21.7. The first-order chi connectivity index (χ1) is 14.4. The van der Waals surface area contributed by atoms with Crippen LogP contribution in [-0.2, 0) is 14.3 Å². The van der Waals surface area contributed by atoms with E-state index in [0.29, 0.717) is 11.5 Å². The van der Waals surface area contributed by atoms with Crippen molar-refractivity contribution in [1.82, 2.24) is 0 Å². The third kappa shape index (κ3) is 4.74. The Bertz CT molecular complexity index is 943. The van der Waals surface area contributed by atoms with E-state index >= 15 is 0 Å². The monoisotopic (exact) mass is 406 g/mol. The third-order valence-corrected chi connectivity index (χ3v) is 4.90. The van der Waals surface area contributed by atoms with Crippen molar-refractivity contribution in [3.63, 3.8) is 0 Å². The van der Waals surface area contributed by atoms with Gasteiger partial charge in [-0.05, 0) is 67.0 Å². The van der Waals surface area contributed by atoms with Crippen LogP contribution in [0.1, 0.15) is 25.0 Å². The molecule has 1 aliphatic rings. The number of allylic oxidation sites excluding steroid dienone is 2. The number of rotatable bonds is 6. The van der Waals surface area contributed by atoms with Crippen molar-refractivity contribution in [2.45, 2.75) is 13.8 Å². The molecule has 3 rings (SSSR count). The van der Waals surface area contributed by atoms with Crippen LogP contribution < -0.4 is 9.47 Å². The summed E-state index contributed by atoms with van der Waals surface area (Å²) in [5.74, 6) is 2.34. The molecule has 0 aliphatic carbocycles. The van der Waals surface area contributed by atoms with Gasteiger partial charge in [-0.3, -0.25) is 0 Å².